The third kappa shape index (κ3) is 4.48. The third-order valence-electron chi connectivity index (χ3n) is 4.12. The molecule has 0 saturated heterocycles. The number of rotatable bonds is 4. The molecular weight excluding hydrogens is 424 g/mol. The standard InChI is InChI=1S/C20H13Cl3FN3O/c21-14-4-6-18(26-10-14)19(11-3-5-15(22)16(23)7-11)27-20(28)12-1-2-13(9-25)17(24)8-12/h1-8,19,26H,10H2,(H,27,28)/t19-/m1/s1. The first-order valence-electron chi connectivity index (χ1n) is 8.14. The van der Waals surface area contributed by atoms with E-state index in [9.17, 15) is 9.18 Å². The second kappa shape index (κ2) is 8.66. The maximum absolute atomic E-state index is 13.9. The molecule has 1 aliphatic heterocycles. The van der Waals surface area contributed by atoms with Crippen LogP contribution in [-0.2, 0) is 0 Å². The molecule has 3 rings (SSSR count). The van der Waals surface area contributed by atoms with Crippen molar-refractivity contribution in [2.45, 2.75) is 6.04 Å². The predicted octanol–water partition coefficient (Wildman–Crippen LogP) is 5.09. The molecule has 0 aromatic heterocycles. The maximum Gasteiger partial charge on any atom is 0.252 e. The van der Waals surface area contributed by atoms with Crippen molar-refractivity contribution in [2.75, 3.05) is 6.54 Å². The van der Waals surface area contributed by atoms with Crippen molar-refractivity contribution in [1.82, 2.24) is 10.6 Å². The van der Waals surface area contributed by atoms with Gasteiger partial charge in [0, 0.05) is 16.3 Å². The Bertz CT molecular complexity index is 1040. The van der Waals surface area contributed by atoms with Gasteiger partial charge in [-0.05, 0) is 48.0 Å². The van der Waals surface area contributed by atoms with E-state index >= 15 is 0 Å². The van der Waals surface area contributed by atoms with Crippen molar-refractivity contribution < 1.29 is 9.18 Å². The minimum absolute atomic E-state index is 0.0894. The van der Waals surface area contributed by atoms with Crippen LogP contribution < -0.4 is 10.6 Å². The van der Waals surface area contributed by atoms with Gasteiger partial charge in [0.2, 0.25) is 0 Å². The van der Waals surface area contributed by atoms with E-state index in [-0.39, 0.29) is 11.1 Å². The zero-order chi connectivity index (χ0) is 20.3. The molecule has 1 amide bonds. The van der Waals surface area contributed by atoms with Gasteiger partial charge in [0.05, 0.1) is 28.2 Å². The highest BCUT2D eigenvalue weighted by molar-refractivity contribution is 6.42. The molecule has 0 saturated carbocycles. The summed E-state index contributed by atoms with van der Waals surface area (Å²) >= 11 is 18.1. The summed E-state index contributed by atoms with van der Waals surface area (Å²) in [5.74, 6) is -1.27. The maximum atomic E-state index is 13.9. The number of hydrogen-bond donors (Lipinski definition) is 2. The van der Waals surface area contributed by atoms with Crippen molar-refractivity contribution >= 4 is 40.7 Å². The smallest absolute Gasteiger partial charge is 0.252 e. The molecule has 2 N–H and O–H groups in total. The lowest BCUT2D eigenvalue weighted by atomic mass is 10.0. The van der Waals surface area contributed by atoms with Gasteiger partial charge in [0.15, 0.2) is 0 Å². The summed E-state index contributed by atoms with van der Waals surface area (Å²) < 4.78 is 13.9. The first kappa shape index (κ1) is 20.2. The lowest BCUT2D eigenvalue weighted by Gasteiger charge is -2.25. The summed E-state index contributed by atoms with van der Waals surface area (Å²) in [7, 11) is 0. The Hall–Kier alpha value is -2.52. The Morgan fingerprint density at radius 1 is 1.14 bits per heavy atom. The minimum atomic E-state index is -0.758. The number of benzene rings is 2. The summed E-state index contributed by atoms with van der Waals surface area (Å²) in [6.07, 6.45) is 3.48. The molecule has 0 bridgehead atoms. The van der Waals surface area contributed by atoms with Gasteiger partial charge in [-0.1, -0.05) is 40.9 Å². The number of carbonyl (C=O) groups is 1. The Labute approximate surface area is 176 Å². The average Bonchev–Trinajstić information content (AvgIpc) is 2.69. The molecule has 2 aromatic rings. The van der Waals surface area contributed by atoms with Crippen LogP contribution >= 0.6 is 34.8 Å². The molecule has 0 aliphatic carbocycles. The third-order valence-corrected chi connectivity index (χ3v) is 5.12. The number of halogens is 4. The summed E-state index contributed by atoms with van der Waals surface area (Å²) in [5, 5.41) is 16.2. The van der Waals surface area contributed by atoms with Crippen LogP contribution in [0, 0.1) is 17.1 Å². The number of nitriles is 1. The molecule has 4 nitrogen and oxygen atoms in total. The Balaban J connectivity index is 1.95. The fourth-order valence-electron chi connectivity index (χ4n) is 2.68. The Kier molecular flexibility index (Phi) is 6.25. The van der Waals surface area contributed by atoms with Gasteiger partial charge in [-0.3, -0.25) is 4.79 Å². The number of amides is 1. The van der Waals surface area contributed by atoms with Gasteiger partial charge in [0.1, 0.15) is 11.9 Å². The number of dihydropyridines is 1. The molecule has 1 aliphatic rings. The van der Waals surface area contributed by atoms with E-state index in [4.69, 9.17) is 40.1 Å². The number of nitrogens with zero attached hydrogens (tertiary/aromatic N) is 1. The van der Waals surface area contributed by atoms with Crippen LogP contribution in [-0.4, -0.2) is 12.5 Å². The van der Waals surface area contributed by atoms with Crippen LogP contribution in [0.4, 0.5) is 4.39 Å². The molecule has 1 atom stereocenters. The molecule has 2 aromatic carbocycles. The molecule has 1 heterocycles. The molecule has 0 radical (unpaired) electrons. The lowest BCUT2D eigenvalue weighted by Crippen LogP contribution is -2.35. The van der Waals surface area contributed by atoms with Gasteiger partial charge >= 0.3 is 0 Å². The van der Waals surface area contributed by atoms with Gasteiger partial charge in [0.25, 0.3) is 5.91 Å². The van der Waals surface area contributed by atoms with E-state index < -0.39 is 17.8 Å². The van der Waals surface area contributed by atoms with Crippen molar-refractivity contribution in [3.8, 4) is 6.07 Å². The normalized spacial score (nSPS) is 14.2. The monoisotopic (exact) mass is 435 g/mol. The molecule has 142 valence electrons. The SMILES string of the molecule is N#Cc1ccc(C(=O)N[C@@H](C2=CC=C(Cl)CN2)c2ccc(Cl)c(Cl)c2)cc1F. The van der Waals surface area contributed by atoms with Gasteiger partial charge in [-0.15, -0.1) is 0 Å². The lowest BCUT2D eigenvalue weighted by molar-refractivity contribution is 0.0940. The average molecular weight is 437 g/mol. The highest BCUT2D eigenvalue weighted by Crippen LogP contribution is 2.29. The number of hydrogen-bond acceptors (Lipinski definition) is 3. The number of carbonyl (C=O) groups excluding carboxylic acids is 1. The highest BCUT2D eigenvalue weighted by Gasteiger charge is 2.22. The van der Waals surface area contributed by atoms with E-state index in [0.717, 1.165) is 6.07 Å². The highest BCUT2D eigenvalue weighted by atomic mass is 35.5. The van der Waals surface area contributed by atoms with Gasteiger partial charge in [-0.25, -0.2) is 4.39 Å². The predicted molar refractivity (Wildman–Crippen MR) is 108 cm³/mol. The second-order valence-electron chi connectivity index (χ2n) is 5.98. The van der Waals surface area contributed by atoms with E-state index in [2.05, 4.69) is 10.6 Å². The fraction of sp³-hybridized carbons (Fsp3) is 0.100. The quantitative estimate of drug-likeness (QED) is 0.702. The number of nitrogens with one attached hydrogen (secondary N) is 2. The Morgan fingerprint density at radius 2 is 1.93 bits per heavy atom. The zero-order valence-electron chi connectivity index (χ0n) is 14.3. The van der Waals surface area contributed by atoms with Crippen LogP contribution in [0.5, 0.6) is 0 Å². The van der Waals surface area contributed by atoms with Crippen LogP contribution in [0.1, 0.15) is 27.5 Å². The van der Waals surface area contributed by atoms with Crippen molar-refractivity contribution in [3.63, 3.8) is 0 Å². The summed E-state index contributed by atoms with van der Waals surface area (Å²) in [6, 6.07) is 9.83. The molecular formula is C20H13Cl3FN3O. The molecule has 0 fully saturated rings. The molecule has 0 spiro atoms. The van der Waals surface area contributed by atoms with E-state index in [1.807, 2.05) is 0 Å². The van der Waals surface area contributed by atoms with E-state index in [0.29, 0.717) is 32.9 Å². The second-order valence-corrected chi connectivity index (χ2v) is 7.28. The summed E-state index contributed by atoms with van der Waals surface area (Å²) in [4.78, 5) is 12.7. The molecule has 28 heavy (non-hydrogen) atoms. The van der Waals surface area contributed by atoms with Gasteiger partial charge < -0.3 is 10.6 Å². The Morgan fingerprint density at radius 3 is 2.54 bits per heavy atom. The van der Waals surface area contributed by atoms with Crippen LogP contribution in [0.15, 0.2) is 59.3 Å². The number of allylic oxidation sites excluding steroid dienone is 2. The molecule has 8 heteroatoms. The largest absolute Gasteiger partial charge is 0.381 e. The van der Waals surface area contributed by atoms with Crippen molar-refractivity contribution in [1.29, 1.82) is 5.26 Å². The first-order valence-corrected chi connectivity index (χ1v) is 9.28. The first-order chi connectivity index (χ1) is 13.4. The topological polar surface area (TPSA) is 64.9 Å². The zero-order valence-corrected chi connectivity index (χ0v) is 16.5. The van der Waals surface area contributed by atoms with E-state index in [1.54, 1.807) is 36.4 Å². The van der Waals surface area contributed by atoms with Crippen LogP contribution in [0.2, 0.25) is 10.0 Å². The molecule has 0 unspecified atom stereocenters. The minimum Gasteiger partial charge on any atom is -0.381 e. The fourth-order valence-corrected chi connectivity index (χ4v) is 3.11. The van der Waals surface area contributed by atoms with Crippen molar-refractivity contribution in [2.24, 2.45) is 0 Å². The van der Waals surface area contributed by atoms with E-state index in [1.165, 1.54) is 12.1 Å². The van der Waals surface area contributed by atoms with Gasteiger partial charge in [-0.2, -0.15) is 5.26 Å². The summed E-state index contributed by atoms with van der Waals surface area (Å²) in [6.45, 7) is 0.409. The van der Waals surface area contributed by atoms with Crippen molar-refractivity contribution in [3.05, 3.63) is 91.8 Å². The summed E-state index contributed by atoms with van der Waals surface area (Å²) in [5.41, 5.74) is 1.33. The van der Waals surface area contributed by atoms with Crippen LogP contribution in [0.3, 0.4) is 0 Å². The van der Waals surface area contributed by atoms with Crippen LogP contribution in [0.25, 0.3) is 0 Å².